The molecule has 126 valence electrons. The number of para-hydroxylation sites is 1. The summed E-state index contributed by atoms with van der Waals surface area (Å²) in [4.78, 5) is 37.2. The predicted molar refractivity (Wildman–Crippen MR) is 90.1 cm³/mol. The summed E-state index contributed by atoms with van der Waals surface area (Å²) in [6.45, 7) is 3.92. The Labute approximate surface area is 137 Å². The van der Waals surface area contributed by atoms with Crippen molar-refractivity contribution < 1.29 is 9.66 Å². The first kappa shape index (κ1) is 17.2. The van der Waals surface area contributed by atoms with E-state index in [-0.39, 0.29) is 11.8 Å². The molecule has 0 spiro atoms. The lowest BCUT2D eigenvalue weighted by Crippen LogP contribution is -2.25. The summed E-state index contributed by atoms with van der Waals surface area (Å²) < 4.78 is 5.78. The van der Waals surface area contributed by atoms with E-state index in [0.717, 1.165) is 6.42 Å². The van der Waals surface area contributed by atoms with Crippen molar-refractivity contribution in [1.29, 1.82) is 0 Å². The number of H-pyrrole nitrogens is 2. The lowest BCUT2D eigenvalue weighted by molar-refractivity contribution is -0.386. The van der Waals surface area contributed by atoms with Crippen LogP contribution in [-0.4, -0.2) is 21.0 Å². The lowest BCUT2D eigenvalue weighted by Gasteiger charge is -2.14. The highest BCUT2D eigenvalue weighted by atomic mass is 16.6. The highest BCUT2D eigenvalue weighted by Gasteiger charge is 2.18. The van der Waals surface area contributed by atoms with E-state index < -0.39 is 21.9 Å². The van der Waals surface area contributed by atoms with Gasteiger partial charge in [0.05, 0.1) is 11.0 Å². The fraction of sp³-hybridized carbons (Fsp3) is 0.250. The molecule has 1 atom stereocenters. The summed E-state index contributed by atoms with van der Waals surface area (Å²) in [5.41, 5.74) is -2.08. The van der Waals surface area contributed by atoms with Crippen LogP contribution in [0.4, 0.5) is 5.69 Å². The van der Waals surface area contributed by atoms with Crippen LogP contribution in [0.15, 0.2) is 33.9 Å². The zero-order chi connectivity index (χ0) is 17.7. The van der Waals surface area contributed by atoms with Gasteiger partial charge in [0.1, 0.15) is 11.4 Å². The molecule has 1 aromatic heterocycles. The third-order valence-corrected chi connectivity index (χ3v) is 3.38. The quantitative estimate of drug-likeness (QED) is 0.622. The van der Waals surface area contributed by atoms with Gasteiger partial charge in [-0.15, -0.1) is 0 Å². The van der Waals surface area contributed by atoms with E-state index in [2.05, 4.69) is 4.98 Å². The minimum Gasteiger partial charge on any atom is -0.490 e. The second-order valence-electron chi connectivity index (χ2n) is 5.14. The van der Waals surface area contributed by atoms with E-state index in [4.69, 9.17) is 4.74 Å². The van der Waals surface area contributed by atoms with E-state index in [9.17, 15) is 19.7 Å². The van der Waals surface area contributed by atoms with Gasteiger partial charge in [0, 0.05) is 5.56 Å². The normalized spacial score (nSPS) is 12.2. The zero-order valence-electron chi connectivity index (χ0n) is 13.2. The van der Waals surface area contributed by atoms with Gasteiger partial charge < -0.3 is 9.72 Å². The van der Waals surface area contributed by atoms with Crippen molar-refractivity contribution in [3.05, 3.63) is 66.5 Å². The zero-order valence-corrected chi connectivity index (χ0v) is 13.2. The fourth-order valence-electron chi connectivity index (χ4n) is 2.00. The van der Waals surface area contributed by atoms with Crippen LogP contribution in [0, 0.1) is 10.1 Å². The molecule has 0 radical (unpaired) electrons. The van der Waals surface area contributed by atoms with E-state index in [1.165, 1.54) is 6.08 Å². The molecule has 2 rings (SSSR count). The van der Waals surface area contributed by atoms with E-state index >= 15 is 0 Å². The van der Waals surface area contributed by atoms with Gasteiger partial charge in [-0.25, -0.2) is 4.79 Å². The maximum atomic E-state index is 11.6. The molecule has 0 saturated heterocycles. The number of hydrogen-bond acceptors (Lipinski definition) is 5. The summed E-state index contributed by atoms with van der Waals surface area (Å²) in [5.74, 6) is 0.609. The summed E-state index contributed by atoms with van der Waals surface area (Å²) in [6.07, 6.45) is 3.70. The second-order valence-corrected chi connectivity index (χ2v) is 5.14. The van der Waals surface area contributed by atoms with Crippen molar-refractivity contribution in [2.45, 2.75) is 26.4 Å². The molecular formula is C16H17N3O5. The van der Waals surface area contributed by atoms with Gasteiger partial charge >= 0.3 is 16.9 Å². The third-order valence-electron chi connectivity index (χ3n) is 3.38. The SMILES string of the molecule is CC[C@@H](C)Oc1ccccc1/C=C\c1[nH]c(=O)[nH]c(=O)c1[N+](=O)[O-]. The van der Waals surface area contributed by atoms with Crippen LogP contribution in [0.1, 0.15) is 31.5 Å². The van der Waals surface area contributed by atoms with Gasteiger partial charge in [-0.1, -0.05) is 25.1 Å². The Morgan fingerprint density at radius 3 is 2.62 bits per heavy atom. The topological polar surface area (TPSA) is 118 Å². The Morgan fingerprint density at radius 2 is 1.96 bits per heavy atom. The molecule has 1 heterocycles. The first-order valence-corrected chi connectivity index (χ1v) is 7.37. The molecule has 2 N–H and O–H groups in total. The molecule has 0 aliphatic rings. The highest BCUT2D eigenvalue weighted by molar-refractivity contribution is 5.74. The van der Waals surface area contributed by atoms with Gasteiger partial charge in [0.15, 0.2) is 0 Å². The van der Waals surface area contributed by atoms with Crippen LogP contribution in [0.25, 0.3) is 12.2 Å². The number of nitrogens with zero attached hydrogens (tertiary/aromatic N) is 1. The molecule has 0 aliphatic heterocycles. The minimum absolute atomic E-state index is 0.00765. The molecule has 1 aromatic carbocycles. The van der Waals surface area contributed by atoms with Gasteiger partial charge in [-0.3, -0.25) is 19.9 Å². The van der Waals surface area contributed by atoms with Crippen molar-refractivity contribution in [3.8, 4) is 5.75 Å². The Balaban J connectivity index is 2.44. The van der Waals surface area contributed by atoms with Crippen molar-refractivity contribution in [2.24, 2.45) is 0 Å². The van der Waals surface area contributed by atoms with Crippen LogP contribution in [-0.2, 0) is 0 Å². The third kappa shape index (κ3) is 3.97. The average molecular weight is 331 g/mol. The molecular weight excluding hydrogens is 314 g/mol. The smallest absolute Gasteiger partial charge is 0.357 e. The Hall–Kier alpha value is -3.16. The molecule has 0 amide bonds. The molecule has 2 aromatic rings. The van der Waals surface area contributed by atoms with Crippen molar-refractivity contribution in [1.82, 2.24) is 9.97 Å². The average Bonchev–Trinajstić information content (AvgIpc) is 2.52. The van der Waals surface area contributed by atoms with Crippen molar-refractivity contribution >= 4 is 17.8 Å². The second kappa shape index (κ2) is 7.40. The highest BCUT2D eigenvalue weighted by Crippen LogP contribution is 2.23. The molecule has 8 nitrogen and oxygen atoms in total. The van der Waals surface area contributed by atoms with Gasteiger partial charge in [0.2, 0.25) is 0 Å². The van der Waals surface area contributed by atoms with E-state index in [1.54, 1.807) is 24.3 Å². The summed E-state index contributed by atoms with van der Waals surface area (Å²) in [7, 11) is 0. The van der Waals surface area contributed by atoms with Crippen molar-refractivity contribution in [3.63, 3.8) is 0 Å². The number of nitro groups is 1. The van der Waals surface area contributed by atoms with Gasteiger partial charge in [-0.05, 0) is 31.6 Å². The monoisotopic (exact) mass is 331 g/mol. The molecule has 8 heteroatoms. The standard InChI is InChI=1S/C16H17N3O5/c1-3-10(2)24-13-7-5-4-6-11(13)8-9-12-14(19(22)23)15(20)18-16(21)17-12/h4-10H,3H2,1-2H3,(H2,17,18,20,21)/b9-8-/t10-/m1/s1. The van der Waals surface area contributed by atoms with Gasteiger partial charge in [-0.2, -0.15) is 0 Å². The van der Waals surface area contributed by atoms with Gasteiger partial charge in [0.25, 0.3) is 0 Å². The maximum Gasteiger partial charge on any atom is 0.357 e. The number of benzene rings is 1. The van der Waals surface area contributed by atoms with Crippen LogP contribution < -0.4 is 16.0 Å². The minimum atomic E-state index is -1.05. The number of aromatic nitrogens is 2. The number of rotatable bonds is 6. The predicted octanol–water partition coefficient (Wildman–Crippen LogP) is 2.32. The largest absolute Gasteiger partial charge is 0.490 e. The molecule has 0 unspecified atom stereocenters. The fourth-order valence-corrected chi connectivity index (χ4v) is 2.00. The van der Waals surface area contributed by atoms with Crippen LogP contribution in [0.2, 0.25) is 0 Å². The first-order chi connectivity index (χ1) is 11.4. The maximum absolute atomic E-state index is 11.6. The summed E-state index contributed by atoms with van der Waals surface area (Å²) in [5, 5.41) is 11.0. The summed E-state index contributed by atoms with van der Waals surface area (Å²) >= 11 is 0. The molecule has 0 fully saturated rings. The number of ether oxygens (including phenoxy) is 1. The number of hydrogen-bond donors (Lipinski definition) is 2. The Kier molecular flexibility index (Phi) is 5.31. The Morgan fingerprint density at radius 1 is 1.25 bits per heavy atom. The van der Waals surface area contributed by atoms with Crippen LogP contribution in [0.5, 0.6) is 5.75 Å². The molecule has 0 aliphatic carbocycles. The molecule has 0 saturated carbocycles. The van der Waals surface area contributed by atoms with E-state index in [0.29, 0.717) is 11.3 Å². The number of aromatic amines is 2. The van der Waals surface area contributed by atoms with E-state index in [1.807, 2.05) is 24.9 Å². The summed E-state index contributed by atoms with van der Waals surface area (Å²) in [6, 6.07) is 7.15. The van der Waals surface area contributed by atoms with Crippen LogP contribution in [0.3, 0.4) is 0 Å². The number of nitrogens with one attached hydrogen (secondary N) is 2. The van der Waals surface area contributed by atoms with Crippen molar-refractivity contribution in [2.75, 3.05) is 0 Å². The molecule has 0 bridgehead atoms. The lowest BCUT2D eigenvalue weighted by atomic mass is 10.1. The molecule has 24 heavy (non-hydrogen) atoms. The Bertz CT molecular complexity index is 882. The van der Waals surface area contributed by atoms with Crippen LogP contribution >= 0.6 is 0 Å². The first-order valence-electron chi connectivity index (χ1n) is 7.37.